The third-order valence-electron chi connectivity index (χ3n) is 2.15. The van der Waals surface area contributed by atoms with Crippen molar-refractivity contribution in [2.75, 3.05) is 18.5 Å². The number of hydrogen-bond donors (Lipinski definition) is 1. The van der Waals surface area contributed by atoms with Gasteiger partial charge in [-0.3, -0.25) is 0 Å². The molecule has 0 aliphatic carbocycles. The van der Waals surface area contributed by atoms with E-state index in [1.54, 1.807) is 25.3 Å². The summed E-state index contributed by atoms with van der Waals surface area (Å²) in [5, 5.41) is 17.9. The van der Waals surface area contributed by atoms with Gasteiger partial charge in [0.1, 0.15) is 5.82 Å². The molecular weight excluding hydrogens is 190 g/mol. The molecule has 0 unspecified atom stereocenters. The fourth-order valence-corrected chi connectivity index (χ4v) is 1.19. The fourth-order valence-electron chi connectivity index (χ4n) is 1.19. The zero-order valence-corrected chi connectivity index (χ0v) is 9.01. The summed E-state index contributed by atoms with van der Waals surface area (Å²) in [7, 11) is 1.89. The maximum Gasteiger partial charge on any atom is 0.129 e. The predicted molar refractivity (Wildman–Crippen MR) is 58.5 cm³/mol. The second-order valence-electron chi connectivity index (χ2n) is 3.57. The van der Waals surface area contributed by atoms with Gasteiger partial charge in [0.15, 0.2) is 0 Å². The molecule has 0 saturated heterocycles. The highest BCUT2D eigenvalue weighted by molar-refractivity contribution is 5.44. The topological polar surface area (TPSA) is 60.1 Å². The molecule has 0 saturated carbocycles. The third-order valence-corrected chi connectivity index (χ3v) is 2.15. The van der Waals surface area contributed by atoms with Crippen LogP contribution in [0.5, 0.6) is 0 Å². The van der Waals surface area contributed by atoms with Crippen LogP contribution in [0.1, 0.15) is 18.9 Å². The molecule has 4 nitrogen and oxygen atoms in total. The Bertz CT molecular complexity index is 357. The van der Waals surface area contributed by atoms with Crippen molar-refractivity contribution in [1.82, 2.24) is 4.98 Å². The van der Waals surface area contributed by atoms with E-state index in [0.29, 0.717) is 12.0 Å². The van der Waals surface area contributed by atoms with Crippen molar-refractivity contribution in [3.8, 4) is 6.07 Å². The number of pyridine rings is 1. The molecular formula is C11H15N3O. The van der Waals surface area contributed by atoms with Crippen LogP contribution in [0.15, 0.2) is 18.3 Å². The van der Waals surface area contributed by atoms with Gasteiger partial charge < -0.3 is 10.0 Å². The van der Waals surface area contributed by atoms with Crippen LogP contribution in [0.3, 0.4) is 0 Å². The van der Waals surface area contributed by atoms with E-state index < -0.39 is 0 Å². The Morgan fingerprint density at radius 2 is 2.40 bits per heavy atom. The van der Waals surface area contributed by atoms with Crippen molar-refractivity contribution in [3.05, 3.63) is 23.9 Å². The molecule has 0 aromatic carbocycles. The molecule has 0 spiro atoms. The van der Waals surface area contributed by atoms with Crippen LogP contribution in [0.25, 0.3) is 0 Å². The lowest BCUT2D eigenvalue weighted by atomic mass is 10.2. The second-order valence-corrected chi connectivity index (χ2v) is 3.57. The molecule has 1 aromatic rings. The van der Waals surface area contributed by atoms with E-state index in [4.69, 9.17) is 10.4 Å². The summed E-state index contributed by atoms with van der Waals surface area (Å²) in [6.45, 7) is 2.48. The van der Waals surface area contributed by atoms with Crippen LogP contribution in [-0.2, 0) is 0 Å². The van der Waals surface area contributed by atoms with Gasteiger partial charge in [0.25, 0.3) is 0 Å². The van der Waals surface area contributed by atoms with Crippen LogP contribution in [0.2, 0.25) is 0 Å². The number of rotatable bonds is 4. The van der Waals surface area contributed by atoms with Crippen molar-refractivity contribution in [2.45, 2.75) is 19.4 Å². The molecule has 0 aliphatic heterocycles. The third kappa shape index (κ3) is 3.56. The highest BCUT2D eigenvalue weighted by Crippen LogP contribution is 2.10. The van der Waals surface area contributed by atoms with Crippen LogP contribution in [0, 0.1) is 11.3 Å². The van der Waals surface area contributed by atoms with Gasteiger partial charge in [0.05, 0.1) is 17.7 Å². The molecule has 1 N–H and O–H groups in total. The minimum absolute atomic E-state index is 0.313. The van der Waals surface area contributed by atoms with Crippen molar-refractivity contribution in [3.63, 3.8) is 0 Å². The molecule has 4 heteroatoms. The van der Waals surface area contributed by atoms with Gasteiger partial charge in [-0.1, -0.05) is 0 Å². The van der Waals surface area contributed by atoms with Crippen LogP contribution in [0.4, 0.5) is 5.82 Å². The van der Waals surface area contributed by atoms with Gasteiger partial charge >= 0.3 is 0 Å². The average molecular weight is 205 g/mol. The standard InChI is InChI=1S/C11H15N3O/c1-9(15)4-6-14(2)11-7-10(8-12)3-5-13-11/h3,5,7,9,15H,4,6H2,1-2H3/t9-/m1/s1. The van der Waals surface area contributed by atoms with Gasteiger partial charge in [-0.2, -0.15) is 5.26 Å². The molecule has 0 amide bonds. The van der Waals surface area contributed by atoms with E-state index >= 15 is 0 Å². The molecule has 1 atom stereocenters. The van der Waals surface area contributed by atoms with Crippen molar-refractivity contribution in [1.29, 1.82) is 5.26 Å². The van der Waals surface area contributed by atoms with E-state index in [1.807, 2.05) is 11.9 Å². The van der Waals surface area contributed by atoms with E-state index in [2.05, 4.69) is 11.1 Å². The molecule has 15 heavy (non-hydrogen) atoms. The number of hydrogen-bond acceptors (Lipinski definition) is 4. The zero-order chi connectivity index (χ0) is 11.3. The molecule has 0 aliphatic rings. The first-order valence-corrected chi connectivity index (χ1v) is 4.89. The number of aromatic nitrogens is 1. The van der Waals surface area contributed by atoms with Crippen LogP contribution >= 0.6 is 0 Å². The number of aliphatic hydroxyl groups is 1. The predicted octanol–water partition coefficient (Wildman–Crippen LogP) is 1.16. The van der Waals surface area contributed by atoms with E-state index in [9.17, 15) is 0 Å². The lowest BCUT2D eigenvalue weighted by molar-refractivity contribution is 0.187. The summed E-state index contributed by atoms with van der Waals surface area (Å²) in [5.74, 6) is 0.759. The van der Waals surface area contributed by atoms with Crippen LogP contribution < -0.4 is 4.90 Å². The van der Waals surface area contributed by atoms with Crippen LogP contribution in [-0.4, -0.2) is 29.8 Å². The largest absolute Gasteiger partial charge is 0.393 e. The Kier molecular flexibility index (Phi) is 4.07. The smallest absolute Gasteiger partial charge is 0.129 e. The molecule has 1 aromatic heterocycles. The number of nitrogens with zero attached hydrogens (tertiary/aromatic N) is 3. The lowest BCUT2D eigenvalue weighted by Gasteiger charge is -2.18. The highest BCUT2D eigenvalue weighted by atomic mass is 16.3. The van der Waals surface area contributed by atoms with E-state index in [-0.39, 0.29) is 6.10 Å². The SMILES string of the molecule is C[C@@H](O)CCN(C)c1cc(C#N)ccn1. The zero-order valence-electron chi connectivity index (χ0n) is 9.01. The Hall–Kier alpha value is -1.60. The van der Waals surface area contributed by atoms with Gasteiger partial charge in [-0.05, 0) is 25.5 Å². The van der Waals surface area contributed by atoms with Crippen molar-refractivity contribution < 1.29 is 5.11 Å². The molecule has 80 valence electrons. The van der Waals surface area contributed by atoms with E-state index in [0.717, 1.165) is 12.4 Å². The maximum absolute atomic E-state index is 9.15. The summed E-state index contributed by atoms with van der Waals surface area (Å²) in [5.41, 5.74) is 0.601. The van der Waals surface area contributed by atoms with Gasteiger partial charge in [0, 0.05) is 19.8 Å². The quantitative estimate of drug-likeness (QED) is 0.801. The minimum Gasteiger partial charge on any atom is -0.393 e. The first-order valence-electron chi connectivity index (χ1n) is 4.89. The normalized spacial score (nSPS) is 11.9. The van der Waals surface area contributed by atoms with Crippen molar-refractivity contribution in [2.24, 2.45) is 0 Å². The van der Waals surface area contributed by atoms with Crippen molar-refractivity contribution >= 4 is 5.82 Å². The summed E-state index contributed by atoms with van der Waals surface area (Å²) in [4.78, 5) is 6.08. The average Bonchev–Trinajstić information content (AvgIpc) is 2.26. The number of aliphatic hydroxyl groups excluding tert-OH is 1. The lowest BCUT2D eigenvalue weighted by Crippen LogP contribution is -2.22. The second kappa shape index (κ2) is 5.32. The highest BCUT2D eigenvalue weighted by Gasteiger charge is 2.04. The Morgan fingerprint density at radius 1 is 1.67 bits per heavy atom. The van der Waals surface area contributed by atoms with E-state index in [1.165, 1.54) is 0 Å². The maximum atomic E-state index is 9.15. The summed E-state index contributed by atoms with van der Waals surface area (Å²) >= 11 is 0. The summed E-state index contributed by atoms with van der Waals surface area (Å²) < 4.78 is 0. The van der Waals surface area contributed by atoms with Gasteiger partial charge in [0.2, 0.25) is 0 Å². The molecule has 1 heterocycles. The summed E-state index contributed by atoms with van der Waals surface area (Å²) in [6.07, 6.45) is 1.99. The summed E-state index contributed by atoms with van der Waals surface area (Å²) in [6, 6.07) is 5.48. The van der Waals surface area contributed by atoms with Gasteiger partial charge in [-0.25, -0.2) is 4.98 Å². The Morgan fingerprint density at radius 3 is 3.00 bits per heavy atom. The van der Waals surface area contributed by atoms with Gasteiger partial charge in [-0.15, -0.1) is 0 Å². The number of nitriles is 1. The number of anilines is 1. The first-order chi connectivity index (χ1) is 7.13. The Labute approximate surface area is 89.8 Å². The molecule has 0 radical (unpaired) electrons. The monoisotopic (exact) mass is 205 g/mol. The molecule has 0 bridgehead atoms. The molecule has 1 rings (SSSR count). The first kappa shape index (κ1) is 11.5. The minimum atomic E-state index is -0.313. The molecule has 0 fully saturated rings. The Balaban J connectivity index is 2.65. The fraction of sp³-hybridized carbons (Fsp3) is 0.455.